The van der Waals surface area contributed by atoms with Crippen LogP contribution in [0.5, 0.6) is 0 Å². The lowest BCUT2D eigenvalue weighted by atomic mass is 9.95. The number of amides is 3. The predicted octanol–water partition coefficient (Wildman–Crippen LogP) is -0.375. The fourth-order valence-electron chi connectivity index (χ4n) is 1.93. The lowest BCUT2D eigenvalue weighted by molar-refractivity contribution is -0.156. The molecule has 1 rings (SSSR count). The van der Waals surface area contributed by atoms with Gasteiger partial charge in [-0.2, -0.15) is 0 Å². The Balaban J connectivity index is 2.82. The minimum Gasteiger partial charge on any atom is -0.330 e. The number of carbonyl (C=O) groups is 3. The van der Waals surface area contributed by atoms with Crippen molar-refractivity contribution >= 4 is 17.7 Å². The summed E-state index contributed by atoms with van der Waals surface area (Å²) in [4.78, 5) is 36.6. The first-order valence-corrected chi connectivity index (χ1v) is 6.17. The highest BCUT2D eigenvalue weighted by atomic mass is 16.2. The van der Waals surface area contributed by atoms with Crippen LogP contribution in [0.4, 0.5) is 0 Å². The maximum atomic E-state index is 12.2. The quantitative estimate of drug-likeness (QED) is 0.670. The minimum absolute atomic E-state index is 0.0709. The van der Waals surface area contributed by atoms with Gasteiger partial charge in [-0.25, -0.2) is 0 Å². The third kappa shape index (κ3) is 2.87. The van der Waals surface area contributed by atoms with E-state index in [1.807, 2.05) is 6.92 Å². The summed E-state index contributed by atoms with van der Waals surface area (Å²) in [5.74, 6) is -0.977. The standard InChI is InChI=1S/C12H21N3O3/c1-4-8(6-13)5-10(17)15-7-9(16)14-11(18)12(15,2)3/h8H,4-7,13H2,1-3H3,(H,14,16,18). The smallest absolute Gasteiger partial charge is 0.252 e. The molecule has 0 aromatic heterocycles. The van der Waals surface area contributed by atoms with Crippen LogP contribution >= 0.6 is 0 Å². The molecule has 1 aliphatic heterocycles. The highest BCUT2D eigenvalue weighted by Crippen LogP contribution is 2.21. The molecule has 6 nitrogen and oxygen atoms in total. The van der Waals surface area contributed by atoms with E-state index in [0.717, 1.165) is 6.42 Å². The van der Waals surface area contributed by atoms with Crippen molar-refractivity contribution < 1.29 is 14.4 Å². The lowest BCUT2D eigenvalue weighted by Gasteiger charge is -2.40. The molecule has 0 aromatic carbocycles. The summed E-state index contributed by atoms with van der Waals surface area (Å²) in [7, 11) is 0. The number of hydrogen-bond acceptors (Lipinski definition) is 4. The Morgan fingerprint density at radius 1 is 1.50 bits per heavy atom. The first-order valence-electron chi connectivity index (χ1n) is 6.17. The molecule has 0 bridgehead atoms. The topological polar surface area (TPSA) is 92.5 Å². The van der Waals surface area contributed by atoms with Gasteiger partial charge in [0.05, 0.1) is 0 Å². The third-order valence-corrected chi connectivity index (χ3v) is 3.46. The van der Waals surface area contributed by atoms with E-state index >= 15 is 0 Å². The summed E-state index contributed by atoms with van der Waals surface area (Å²) in [5.41, 5.74) is 4.58. The SMILES string of the molecule is CCC(CN)CC(=O)N1CC(=O)NC(=O)C1(C)C. The van der Waals surface area contributed by atoms with Gasteiger partial charge in [0.25, 0.3) is 5.91 Å². The van der Waals surface area contributed by atoms with Crippen LogP contribution in [0.2, 0.25) is 0 Å². The van der Waals surface area contributed by atoms with Crippen LogP contribution in [0, 0.1) is 5.92 Å². The molecule has 0 aromatic rings. The average Bonchev–Trinajstić information content (AvgIpc) is 2.30. The van der Waals surface area contributed by atoms with E-state index in [4.69, 9.17) is 5.73 Å². The fraction of sp³-hybridized carbons (Fsp3) is 0.750. The lowest BCUT2D eigenvalue weighted by Crippen LogP contribution is -2.65. The number of hydrogen-bond donors (Lipinski definition) is 2. The number of piperazine rings is 1. The number of carbonyl (C=O) groups excluding carboxylic acids is 3. The highest BCUT2D eigenvalue weighted by molar-refractivity contribution is 6.06. The summed E-state index contributed by atoms with van der Waals surface area (Å²) < 4.78 is 0. The Morgan fingerprint density at radius 2 is 2.11 bits per heavy atom. The van der Waals surface area contributed by atoms with Crippen molar-refractivity contribution in [3.8, 4) is 0 Å². The molecule has 0 radical (unpaired) electrons. The molecule has 1 fully saturated rings. The van der Waals surface area contributed by atoms with Gasteiger partial charge in [0.1, 0.15) is 12.1 Å². The Morgan fingerprint density at radius 3 is 2.61 bits per heavy atom. The van der Waals surface area contributed by atoms with E-state index in [2.05, 4.69) is 5.32 Å². The van der Waals surface area contributed by atoms with Crippen LogP contribution in [-0.4, -0.2) is 41.2 Å². The Kier molecular flexibility index (Phi) is 4.45. The van der Waals surface area contributed by atoms with Crippen molar-refractivity contribution in [2.75, 3.05) is 13.1 Å². The van der Waals surface area contributed by atoms with Gasteiger partial charge in [0.15, 0.2) is 0 Å². The average molecular weight is 255 g/mol. The molecule has 3 amide bonds. The van der Waals surface area contributed by atoms with E-state index in [1.54, 1.807) is 13.8 Å². The molecule has 1 heterocycles. The summed E-state index contributed by atoms with van der Waals surface area (Å²) in [5, 5.41) is 2.24. The van der Waals surface area contributed by atoms with Gasteiger partial charge in [0.2, 0.25) is 11.8 Å². The maximum absolute atomic E-state index is 12.2. The molecule has 3 N–H and O–H groups in total. The molecule has 0 aliphatic carbocycles. The van der Waals surface area contributed by atoms with Gasteiger partial charge < -0.3 is 10.6 Å². The van der Waals surface area contributed by atoms with Crippen LogP contribution < -0.4 is 11.1 Å². The largest absolute Gasteiger partial charge is 0.330 e. The number of nitrogens with two attached hydrogens (primary N) is 1. The first kappa shape index (κ1) is 14.6. The van der Waals surface area contributed by atoms with Crippen molar-refractivity contribution in [1.29, 1.82) is 0 Å². The number of nitrogens with zero attached hydrogens (tertiary/aromatic N) is 1. The van der Waals surface area contributed by atoms with Crippen molar-refractivity contribution in [1.82, 2.24) is 10.2 Å². The zero-order chi connectivity index (χ0) is 13.9. The number of rotatable bonds is 4. The second-order valence-electron chi connectivity index (χ2n) is 5.13. The molecule has 102 valence electrons. The van der Waals surface area contributed by atoms with E-state index in [9.17, 15) is 14.4 Å². The molecular weight excluding hydrogens is 234 g/mol. The molecule has 6 heteroatoms. The van der Waals surface area contributed by atoms with E-state index in [1.165, 1.54) is 4.90 Å². The summed E-state index contributed by atoms with van der Waals surface area (Å²) >= 11 is 0. The molecule has 1 atom stereocenters. The summed E-state index contributed by atoms with van der Waals surface area (Å²) in [6, 6.07) is 0. The first-order chi connectivity index (χ1) is 8.32. The Labute approximate surface area is 107 Å². The molecule has 0 saturated carbocycles. The van der Waals surface area contributed by atoms with E-state index in [-0.39, 0.29) is 24.8 Å². The molecule has 1 aliphatic rings. The zero-order valence-corrected chi connectivity index (χ0v) is 11.2. The summed E-state index contributed by atoms with van der Waals surface area (Å²) in [6.07, 6.45) is 1.08. The molecule has 1 saturated heterocycles. The zero-order valence-electron chi connectivity index (χ0n) is 11.2. The molecule has 18 heavy (non-hydrogen) atoms. The molecule has 0 spiro atoms. The predicted molar refractivity (Wildman–Crippen MR) is 66.4 cm³/mol. The van der Waals surface area contributed by atoms with Crippen LogP contribution in [0.15, 0.2) is 0 Å². The van der Waals surface area contributed by atoms with Gasteiger partial charge in [-0.05, 0) is 26.3 Å². The van der Waals surface area contributed by atoms with Gasteiger partial charge in [-0.1, -0.05) is 13.3 Å². The van der Waals surface area contributed by atoms with Crippen molar-refractivity contribution in [2.45, 2.75) is 39.2 Å². The third-order valence-electron chi connectivity index (χ3n) is 3.46. The van der Waals surface area contributed by atoms with Crippen LogP contribution in [0.1, 0.15) is 33.6 Å². The van der Waals surface area contributed by atoms with Crippen LogP contribution in [0.25, 0.3) is 0 Å². The van der Waals surface area contributed by atoms with Gasteiger partial charge in [-0.3, -0.25) is 19.7 Å². The van der Waals surface area contributed by atoms with Crippen molar-refractivity contribution in [3.63, 3.8) is 0 Å². The maximum Gasteiger partial charge on any atom is 0.252 e. The monoisotopic (exact) mass is 255 g/mol. The van der Waals surface area contributed by atoms with Crippen molar-refractivity contribution in [3.05, 3.63) is 0 Å². The number of nitrogens with one attached hydrogen (secondary N) is 1. The second-order valence-corrected chi connectivity index (χ2v) is 5.13. The second kappa shape index (κ2) is 5.48. The van der Waals surface area contributed by atoms with E-state index in [0.29, 0.717) is 6.54 Å². The van der Waals surface area contributed by atoms with Crippen LogP contribution in [0.3, 0.4) is 0 Å². The summed E-state index contributed by atoms with van der Waals surface area (Å²) in [6.45, 7) is 5.59. The number of imide groups is 1. The fourth-order valence-corrected chi connectivity index (χ4v) is 1.93. The van der Waals surface area contributed by atoms with Crippen LogP contribution in [-0.2, 0) is 14.4 Å². The van der Waals surface area contributed by atoms with E-state index < -0.39 is 17.4 Å². The normalized spacial score (nSPS) is 20.6. The minimum atomic E-state index is -0.988. The molecular formula is C12H21N3O3. The Bertz CT molecular complexity index is 362. The highest BCUT2D eigenvalue weighted by Gasteiger charge is 2.43. The van der Waals surface area contributed by atoms with Gasteiger partial charge in [0, 0.05) is 6.42 Å². The van der Waals surface area contributed by atoms with Gasteiger partial charge in [-0.15, -0.1) is 0 Å². The Hall–Kier alpha value is -1.43. The van der Waals surface area contributed by atoms with Gasteiger partial charge >= 0.3 is 0 Å². The molecule has 1 unspecified atom stereocenters. The van der Waals surface area contributed by atoms with Crippen molar-refractivity contribution in [2.24, 2.45) is 11.7 Å².